The summed E-state index contributed by atoms with van der Waals surface area (Å²) in [6.45, 7) is 3.94. The van der Waals surface area contributed by atoms with Crippen molar-refractivity contribution in [3.63, 3.8) is 0 Å². The molecule has 2 fully saturated rings. The van der Waals surface area contributed by atoms with Crippen molar-refractivity contribution in [2.75, 3.05) is 20.1 Å². The van der Waals surface area contributed by atoms with Gasteiger partial charge in [-0.05, 0) is 46.2 Å². The first-order chi connectivity index (χ1) is 9.68. The molecule has 0 aromatic carbocycles. The molecule has 3 rings (SSSR count). The highest BCUT2D eigenvalue weighted by Gasteiger charge is 2.39. The number of likely N-dealkylation sites (N-methyl/N-ethyl adjacent to an activating group) is 1. The van der Waals surface area contributed by atoms with Crippen LogP contribution >= 0.6 is 0 Å². The highest BCUT2D eigenvalue weighted by atomic mass is 16.2. The summed E-state index contributed by atoms with van der Waals surface area (Å²) in [5.41, 5.74) is 0. The SMILES string of the molecule is C[C@H](C(=O)N1CCC[C@@H]1[C@@H]1CCCN1C)n1cncn1. The van der Waals surface area contributed by atoms with Gasteiger partial charge in [-0.15, -0.1) is 0 Å². The fraction of sp³-hybridized carbons (Fsp3) is 0.786. The maximum Gasteiger partial charge on any atom is 0.247 e. The molecule has 1 amide bonds. The summed E-state index contributed by atoms with van der Waals surface area (Å²) in [7, 11) is 2.18. The van der Waals surface area contributed by atoms with Crippen molar-refractivity contribution in [2.45, 2.75) is 50.7 Å². The molecule has 3 atom stereocenters. The zero-order chi connectivity index (χ0) is 14.1. The Kier molecular flexibility index (Phi) is 3.74. The predicted molar refractivity (Wildman–Crippen MR) is 75.1 cm³/mol. The molecule has 1 aromatic rings. The molecule has 0 bridgehead atoms. The van der Waals surface area contributed by atoms with Gasteiger partial charge >= 0.3 is 0 Å². The third-order valence-electron chi connectivity index (χ3n) is 4.79. The van der Waals surface area contributed by atoms with Crippen molar-refractivity contribution in [3.05, 3.63) is 12.7 Å². The minimum Gasteiger partial charge on any atom is -0.336 e. The Labute approximate surface area is 119 Å². The number of carbonyl (C=O) groups excluding carboxylic acids is 1. The van der Waals surface area contributed by atoms with Crippen LogP contribution in [0.5, 0.6) is 0 Å². The van der Waals surface area contributed by atoms with Gasteiger partial charge in [0.15, 0.2) is 0 Å². The summed E-state index contributed by atoms with van der Waals surface area (Å²) in [6, 6.07) is 0.648. The molecule has 20 heavy (non-hydrogen) atoms. The van der Waals surface area contributed by atoms with E-state index in [9.17, 15) is 4.79 Å². The molecule has 6 nitrogen and oxygen atoms in total. The summed E-state index contributed by atoms with van der Waals surface area (Å²) in [5.74, 6) is 0.179. The summed E-state index contributed by atoms with van der Waals surface area (Å²) < 4.78 is 1.65. The van der Waals surface area contributed by atoms with Gasteiger partial charge in [0.05, 0.1) is 0 Å². The second kappa shape index (κ2) is 5.52. The van der Waals surface area contributed by atoms with Crippen molar-refractivity contribution in [1.29, 1.82) is 0 Å². The number of hydrogen-bond acceptors (Lipinski definition) is 4. The zero-order valence-corrected chi connectivity index (χ0v) is 12.3. The van der Waals surface area contributed by atoms with Crippen LogP contribution in [0, 0.1) is 0 Å². The van der Waals surface area contributed by atoms with E-state index in [0.29, 0.717) is 12.1 Å². The molecule has 2 aliphatic rings. The maximum atomic E-state index is 12.7. The minimum absolute atomic E-state index is 0.179. The Morgan fingerprint density at radius 3 is 2.65 bits per heavy atom. The first-order valence-electron chi connectivity index (χ1n) is 7.53. The van der Waals surface area contributed by atoms with Gasteiger partial charge in [-0.3, -0.25) is 4.79 Å². The van der Waals surface area contributed by atoms with Crippen LogP contribution in [-0.4, -0.2) is 62.7 Å². The van der Waals surface area contributed by atoms with E-state index in [1.807, 2.05) is 6.92 Å². The van der Waals surface area contributed by atoms with Crippen LogP contribution in [0.1, 0.15) is 38.6 Å². The van der Waals surface area contributed by atoms with Gasteiger partial charge in [0, 0.05) is 18.6 Å². The lowest BCUT2D eigenvalue weighted by molar-refractivity contribution is -0.136. The van der Waals surface area contributed by atoms with Crippen LogP contribution in [0.25, 0.3) is 0 Å². The summed E-state index contributed by atoms with van der Waals surface area (Å²) in [6.07, 6.45) is 7.81. The second-order valence-corrected chi connectivity index (χ2v) is 5.98. The Balaban J connectivity index is 1.73. The summed E-state index contributed by atoms with van der Waals surface area (Å²) in [4.78, 5) is 21.2. The summed E-state index contributed by atoms with van der Waals surface area (Å²) in [5, 5.41) is 4.09. The van der Waals surface area contributed by atoms with E-state index in [1.165, 1.54) is 19.2 Å². The van der Waals surface area contributed by atoms with E-state index in [1.54, 1.807) is 11.0 Å². The van der Waals surface area contributed by atoms with E-state index >= 15 is 0 Å². The van der Waals surface area contributed by atoms with Crippen LogP contribution in [0.4, 0.5) is 0 Å². The second-order valence-electron chi connectivity index (χ2n) is 5.98. The van der Waals surface area contributed by atoms with Gasteiger partial charge in [-0.25, -0.2) is 9.67 Å². The van der Waals surface area contributed by atoms with Gasteiger partial charge in [-0.2, -0.15) is 5.10 Å². The number of amides is 1. The molecule has 2 aliphatic heterocycles. The van der Waals surface area contributed by atoms with Gasteiger partial charge in [0.2, 0.25) is 5.91 Å². The molecule has 0 N–H and O–H groups in total. The summed E-state index contributed by atoms with van der Waals surface area (Å²) >= 11 is 0. The molecular formula is C14H23N5O. The van der Waals surface area contributed by atoms with Crippen LogP contribution in [-0.2, 0) is 4.79 Å². The molecule has 3 heterocycles. The third-order valence-corrected chi connectivity index (χ3v) is 4.79. The molecule has 2 saturated heterocycles. The smallest absolute Gasteiger partial charge is 0.247 e. The first-order valence-corrected chi connectivity index (χ1v) is 7.53. The molecule has 1 aromatic heterocycles. The Bertz CT molecular complexity index is 460. The first kappa shape index (κ1) is 13.5. The number of carbonyl (C=O) groups is 1. The molecule has 0 aliphatic carbocycles. The monoisotopic (exact) mass is 277 g/mol. The van der Waals surface area contributed by atoms with Gasteiger partial charge in [-0.1, -0.05) is 0 Å². The zero-order valence-electron chi connectivity index (χ0n) is 12.3. The van der Waals surface area contributed by atoms with Crippen molar-refractivity contribution in [2.24, 2.45) is 0 Å². The Morgan fingerprint density at radius 2 is 2.00 bits per heavy atom. The number of nitrogens with zero attached hydrogens (tertiary/aromatic N) is 5. The maximum absolute atomic E-state index is 12.7. The van der Waals surface area contributed by atoms with Crippen LogP contribution in [0.15, 0.2) is 12.7 Å². The van der Waals surface area contributed by atoms with E-state index < -0.39 is 0 Å². The van der Waals surface area contributed by atoms with Gasteiger partial charge in [0.25, 0.3) is 0 Å². The van der Waals surface area contributed by atoms with E-state index in [0.717, 1.165) is 25.9 Å². The highest BCUT2D eigenvalue weighted by molar-refractivity contribution is 5.80. The predicted octanol–water partition coefficient (Wildman–Crippen LogP) is 0.924. The standard InChI is InChI=1S/C14H23N5O/c1-11(19-10-15-9-16-19)14(20)18-8-4-6-13(18)12-5-3-7-17(12)2/h9-13H,3-8H2,1-2H3/t11-,12+,13-/m1/s1. The lowest BCUT2D eigenvalue weighted by atomic mass is 10.0. The highest BCUT2D eigenvalue weighted by Crippen LogP contribution is 2.30. The number of aromatic nitrogens is 3. The largest absolute Gasteiger partial charge is 0.336 e. The number of likely N-dealkylation sites (tertiary alicyclic amines) is 2. The molecule has 0 spiro atoms. The number of rotatable bonds is 3. The molecule has 110 valence electrons. The lowest BCUT2D eigenvalue weighted by Gasteiger charge is -2.34. The fourth-order valence-electron chi connectivity index (χ4n) is 3.66. The van der Waals surface area contributed by atoms with Crippen molar-refractivity contribution in [3.8, 4) is 0 Å². The van der Waals surface area contributed by atoms with Gasteiger partial charge < -0.3 is 9.80 Å². The van der Waals surface area contributed by atoms with Crippen LogP contribution in [0.2, 0.25) is 0 Å². The Morgan fingerprint density at radius 1 is 1.25 bits per heavy atom. The third kappa shape index (κ3) is 2.32. The van der Waals surface area contributed by atoms with Crippen molar-refractivity contribution in [1.82, 2.24) is 24.6 Å². The topological polar surface area (TPSA) is 54.3 Å². The minimum atomic E-state index is -0.259. The van der Waals surface area contributed by atoms with Gasteiger partial charge in [0.1, 0.15) is 18.7 Å². The molecule has 0 unspecified atom stereocenters. The fourth-order valence-corrected chi connectivity index (χ4v) is 3.66. The molecule has 0 radical (unpaired) electrons. The van der Waals surface area contributed by atoms with Crippen LogP contribution in [0.3, 0.4) is 0 Å². The molecule has 0 saturated carbocycles. The molecule has 6 heteroatoms. The Hall–Kier alpha value is -1.43. The lowest BCUT2D eigenvalue weighted by Crippen LogP contribution is -2.48. The van der Waals surface area contributed by atoms with E-state index in [-0.39, 0.29) is 11.9 Å². The van der Waals surface area contributed by atoms with Crippen LogP contribution < -0.4 is 0 Å². The normalized spacial score (nSPS) is 29.0. The van der Waals surface area contributed by atoms with E-state index in [4.69, 9.17) is 0 Å². The van der Waals surface area contributed by atoms with E-state index in [2.05, 4.69) is 26.9 Å². The van der Waals surface area contributed by atoms with Crippen molar-refractivity contribution >= 4 is 5.91 Å². The molecular weight excluding hydrogens is 254 g/mol. The number of hydrogen-bond donors (Lipinski definition) is 0. The average Bonchev–Trinajstić information content (AvgIpc) is 3.17. The average molecular weight is 277 g/mol. The van der Waals surface area contributed by atoms with Crippen molar-refractivity contribution < 1.29 is 4.79 Å². The quantitative estimate of drug-likeness (QED) is 0.824.